The summed E-state index contributed by atoms with van der Waals surface area (Å²) in [5, 5.41) is 8.80. The third kappa shape index (κ3) is 2.23. The van der Waals surface area contributed by atoms with E-state index in [0.717, 1.165) is 11.5 Å². The molecule has 8 nitrogen and oxygen atoms in total. The second kappa shape index (κ2) is 5.00. The molecule has 0 unspecified atom stereocenters. The number of hydrogen-bond acceptors (Lipinski definition) is 8. The molecule has 0 atom stereocenters. The van der Waals surface area contributed by atoms with E-state index in [9.17, 15) is 8.42 Å². The van der Waals surface area contributed by atoms with Gasteiger partial charge in [-0.25, -0.2) is 4.98 Å². The molecule has 0 fully saturated rings. The Morgan fingerprint density at radius 1 is 1.45 bits per heavy atom. The molecule has 3 heterocycles. The number of thiazole rings is 1. The van der Waals surface area contributed by atoms with E-state index in [4.69, 9.17) is 0 Å². The third-order valence-electron chi connectivity index (χ3n) is 2.41. The van der Waals surface area contributed by atoms with Crippen LogP contribution in [0.15, 0.2) is 22.8 Å². The zero-order chi connectivity index (χ0) is 14.2. The zero-order valence-corrected chi connectivity index (χ0v) is 12.7. The molecule has 0 amide bonds. The molecule has 0 aliphatic rings. The summed E-state index contributed by atoms with van der Waals surface area (Å²) in [6.45, 7) is 2.46. The second-order valence-corrected chi connectivity index (χ2v) is 7.00. The summed E-state index contributed by atoms with van der Waals surface area (Å²) in [4.78, 5) is 4.90. The zero-order valence-electron chi connectivity index (χ0n) is 10.3. The van der Waals surface area contributed by atoms with Gasteiger partial charge in [0.25, 0.3) is 10.0 Å². The van der Waals surface area contributed by atoms with Crippen LogP contribution in [-0.4, -0.2) is 33.9 Å². The number of imidazole rings is 1. The van der Waals surface area contributed by atoms with Gasteiger partial charge >= 0.3 is 0 Å². The highest BCUT2D eigenvalue weighted by atomic mass is 32.2. The quantitative estimate of drug-likeness (QED) is 0.735. The smallest absolute Gasteiger partial charge is 0.282 e. The van der Waals surface area contributed by atoms with E-state index < -0.39 is 10.0 Å². The van der Waals surface area contributed by atoms with Gasteiger partial charge in [-0.15, -0.1) is 16.4 Å². The molecule has 0 aromatic carbocycles. The van der Waals surface area contributed by atoms with Gasteiger partial charge in [-0.2, -0.15) is 8.42 Å². The van der Waals surface area contributed by atoms with Crippen molar-refractivity contribution in [3.05, 3.63) is 17.8 Å². The van der Waals surface area contributed by atoms with Gasteiger partial charge < -0.3 is 5.32 Å². The maximum Gasteiger partial charge on any atom is 0.282 e. The highest BCUT2D eigenvalue weighted by Gasteiger charge is 2.26. The predicted molar refractivity (Wildman–Crippen MR) is 78.0 cm³/mol. The fraction of sp³-hybridized carbons (Fsp3) is 0.222. The summed E-state index contributed by atoms with van der Waals surface area (Å²) in [5.74, 6) is 0.337. The highest BCUT2D eigenvalue weighted by Crippen LogP contribution is 2.27. The summed E-state index contributed by atoms with van der Waals surface area (Å²) in [7, 11) is -3.76. The number of fused-ring (bicyclic) bond motifs is 1. The summed E-state index contributed by atoms with van der Waals surface area (Å²) >= 11 is 2.34. The molecular weight excluding hydrogens is 320 g/mol. The van der Waals surface area contributed by atoms with Crippen LogP contribution in [0.3, 0.4) is 0 Å². The first-order chi connectivity index (χ1) is 9.62. The van der Waals surface area contributed by atoms with E-state index in [-0.39, 0.29) is 5.03 Å². The van der Waals surface area contributed by atoms with Crippen LogP contribution in [0.25, 0.3) is 4.96 Å². The minimum Gasteiger partial charge on any atom is -0.368 e. The first kappa shape index (κ1) is 13.3. The number of nitrogens with one attached hydrogen (secondary N) is 2. The lowest BCUT2D eigenvalue weighted by molar-refractivity contribution is 0.597. The number of anilines is 2. The van der Waals surface area contributed by atoms with Crippen LogP contribution in [0, 0.1) is 0 Å². The van der Waals surface area contributed by atoms with Crippen molar-refractivity contribution in [2.75, 3.05) is 16.6 Å². The molecule has 0 spiro atoms. The van der Waals surface area contributed by atoms with E-state index >= 15 is 0 Å². The van der Waals surface area contributed by atoms with Crippen molar-refractivity contribution in [1.29, 1.82) is 0 Å². The Balaban J connectivity index is 2.11. The van der Waals surface area contributed by atoms with Crippen molar-refractivity contribution < 1.29 is 8.42 Å². The fourth-order valence-corrected chi connectivity index (χ4v) is 4.42. The molecule has 3 aromatic rings. The van der Waals surface area contributed by atoms with E-state index in [0.29, 0.717) is 22.3 Å². The monoisotopic (exact) mass is 330 g/mol. The van der Waals surface area contributed by atoms with Crippen LogP contribution in [0.2, 0.25) is 0 Å². The third-order valence-corrected chi connectivity index (χ3v) is 5.27. The molecule has 0 aliphatic heterocycles. The van der Waals surface area contributed by atoms with Gasteiger partial charge in [0.15, 0.2) is 10.8 Å². The van der Waals surface area contributed by atoms with Gasteiger partial charge in [0.2, 0.25) is 5.03 Å². The lowest BCUT2D eigenvalue weighted by Gasteiger charge is -2.07. The van der Waals surface area contributed by atoms with E-state index in [1.54, 1.807) is 16.0 Å². The molecule has 0 aliphatic carbocycles. The number of aromatic nitrogens is 4. The lowest BCUT2D eigenvalue weighted by Crippen LogP contribution is -2.16. The minimum atomic E-state index is -3.76. The standard InChI is InChI=1S/C9H10N6O2S3/c1-2-10-7-8(15-3-4-18-9(15)12-7)20(16,17)13-6-5-11-14-19-6/h3-5,10,13H,2H2,1H3. The first-order valence-electron chi connectivity index (χ1n) is 5.61. The fourth-order valence-electron chi connectivity index (χ4n) is 1.70. The van der Waals surface area contributed by atoms with Crippen molar-refractivity contribution in [3.8, 4) is 0 Å². The van der Waals surface area contributed by atoms with Gasteiger partial charge in [-0.3, -0.25) is 9.12 Å². The van der Waals surface area contributed by atoms with Crippen LogP contribution in [0.4, 0.5) is 10.8 Å². The Labute approximate surface area is 122 Å². The van der Waals surface area contributed by atoms with Crippen molar-refractivity contribution in [2.45, 2.75) is 11.9 Å². The van der Waals surface area contributed by atoms with Crippen LogP contribution in [0.5, 0.6) is 0 Å². The Kier molecular flexibility index (Phi) is 3.31. The molecule has 0 bridgehead atoms. The molecular formula is C9H10N6O2S3. The van der Waals surface area contributed by atoms with Gasteiger partial charge in [0.1, 0.15) is 5.00 Å². The SMILES string of the molecule is CCNc1nc2sccn2c1S(=O)(=O)Nc1cnns1. The maximum absolute atomic E-state index is 12.5. The molecule has 3 rings (SSSR count). The van der Waals surface area contributed by atoms with Crippen molar-refractivity contribution in [3.63, 3.8) is 0 Å². The number of sulfonamides is 1. The number of nitrogens with zero attached hydrogens (tertiary/aromatic N) is 4. The Morgan fingerprint density at radius 3 is 3.00 bits per heavy atom. The predicted octanol–water partition coefficient (Wildman–Crippen LogP) is 1.48. The van der Waals surface area contributed by atoms with Crippen molar-refractivity contribution >= 4 is 48.7 Å². The summed E-state index contributed by atoms with van der Waals surface area (Å²) < 4.78 is 32.6. The maximum atomic E-state index is 12.5. The number of rotatable bonds is 5. The first-order valence-corrected chi connectivity index (χ1v) is 8.75. The largest absolute Gasteiger partial charge is 0.368 e. The Hall–Kier alpha value is -1.72. The van der Waals surface area contributed by atoms with Crippen LogP contribution in [0.1, 0.15) is 6.92 Å². The Bertz CT molecular complexity index is 819. The van der Waals surface area contributed by atoms with Crippen LogP contribution < -0.4 is 10.0 Å². The second-order valence-electron chi connectivity index (χ2n) is 3.74. The van der Waals surface area contributed by atoms with Gasteiger partial charge in [0.05, 0.1) is 6.20 Å². The molecule has 20 heavy (non-hydrogen) atoms. The van der Waals surface area contributed by atoms with E-state index in [1.165, 1.54) is 17.5 Å². The molecule has 0 radical (unpaired) electrons. The van der Waals surface area contributed by atoms with Gasteiger partial charge in [-0.05, 0) is 6.92 Å². The topological polar surface area (TPSA) is 101 Å². The Morgan fingerprint density at radius 2 is 2.30 bits per heavy atom. The molecule has 0 saturated heterocycles. The summed E-state index contributed by atoms with van der Waals surface area (Å²) in [6, 6.07) is 0. The summed E-state index contributed by atoms with van der Waals surface area (Å²) in [5.41, 5.74) is 0. The lowest BCUT2D eigenvalue weighted by atomic mass is 10.6. The molecule has 2 N–H and O–H groups in total. The van der Waals surface area contributed by atoms with Gasteiger partial charge in [0, 0.05) is 29.7 Å². The average molecular weight is 330 g/mol. The minimum absolute atomic E-state index is 0.0870. The molecule has 106 valence electrons. The van der Waals surface area contributed by atoms with Crippen LogP contribution >= 0.6 is 22.9 Å². The van der Waals surface area contributed by atoms with E-state index in [2.05, 4.69) is 24.6 Å². The van der Waals surface area contributed by atoms with E-state index in [1.807, 2.05) is 6.92 Å². The molecule has 3 aromatic heterocycles. The van der Waals surface area contributed by atoms with Gasteiger partial charge in [-0.1, -0.05) is 4.49 Å². The number of hydrogen-bond donors (Lipinski definition) is 2. The summed E-state index contributed by atoms with van der Waals surface area (Å²) in [6.07, 6.45) is 3.04. The molecule has 0 saturated carbocycles. The van der Waals surface area contributed by atoms with Crippen molar-refractivity contribution in [2.24, 2.45) is 0 Å². The van der Waals surface area contributed by atoms with Crippen molar-refractivity contribution in [1.82, 2.24) is 19.0 Å². The average Bonchev–Trinajstić information content (AvgIpc) is 3.04. The normalized spacial score (nSPS) is 11.8. The molecule has 11 heteroatoms. The highest BCUT2D eigenvalue weighted by molar-refractivity contribution is 7.93. The van der Waals surface area contributed by atoms with Crippen LogP contribution in [-0.2, 0) is 10.0 Å².